The van der Waals surface area contributed by atoms with E-state index in [4.69, 9.17) is 9.73 Å². The number of aromatic amines is 1. The number of carbonyl (C=O) groups excluding carboxylic acids is 3. The number of benzene rings is 5. The van der Waals surface area contributed by atoms with E-state index in [0.29, 0.717) is 42.2 Å². The van der Waals surface area contributed by atoms with Gasteiger partial charge in [-0.1, -0.05) is 97.1 Å². The standard InChI is InChI=1S/C40H32N4O4/c45-38-36(39(46)44(32-19-11-4-12-20-32)40(47)43(38)31-17-9-3-10-18-31)37(29-15-7-2-8-16-29)41-24-23-30-26-42-35-22-21-33(25-34(30)35)48-27-28-13-5-1-6-14-28/h1-22,25-26,36,42H,23-24,27H2. The Morgan fingerprint density at radius 1 is 0.688 bits per heavy atom. The highest BCUT2D eigenvalue weighted by Gasteiger charge is 2.49. The third-order valence-electron chi connectivity index (χ3n) is 8.34. The Balaban J connectivity index is 1.22. The van der Waals surface area contributed by atoms with Crippen molar-refractivity contribution in [2.24, 2.45) is 10.9 Å². The largest absolute Gasteiger partial charge is 0.489 e. The third-order valence-corrected chi connectivity index (χ3v) is 8.34. The average Bonchev–Trinajstić information content (AvgIpc) is 3.54. The van der Waals surface area contributed by atoms with Crippen LogP contribution in [-0.4, -0.2) is 35.1 Å². The fraction of sp³-hybridized carbons (Fsp3) is 0.100. The zero-order valence-electron chi connectivity index (χ0n) is 26.0. The van der Waals surface area contributed by atoms with Gasteiger partial charge in [-0.3, -0.25) is 14.6 Å². The van der Waals surface area contributed by atoms with Crippen molar-refractivity contribution in [3.05, 3.63) is 162 Å². The number of aliphatic imine (C=N–C) groups is 1. The van der Waals surface area contributed by atoms with E-state index < -0.39 is 23.8 Å². The lowest BCUT2D eigenvalue weighted by Crippen LogP contribution is -2.62. The van der Waals surface area contributed by atoms with Crippen LogP contribution < -0.4 is 14.5 Å². The van der Waals surface area contributed by atoms with Crippen LogP contribution in [-0.2, 0) is 22.6 Å². The van der Waals surface area contributed by atoms with Gasteiger partial charge in [-0.25, -0.2) is 14.6 Å². The monoisotopic (exact) mass is 632 g/mol. The van der Waals surface area contributed by atoms with Crippen molar-refractivity contribution in [1.82, 2.24) is 4.98 Å². The summed E-state index contributed by atoms with van der Waals surface area (Å²) in [6.07, 6.45) is 2.49. The second kappa shape index (κ2) is 13.6. The number of urea groups is 1. The number of ether oxygens (including phenoxy) is 1. The van der Waals surface area contributed by atoms with Crippen molar-refractivity contribution in [1.29, 1.82) is 0 Å². The Kier molecular flexibility index (Phi) is 8.61. The molecular weight excluding hydrogens is 600 g/mol. The first-order valence-electron chi connectivity index (χ1n) is 15.8. The topological polar surface area (TPSA) is 95.1 Å². The number of rotatable bonds is 10. The summed E-state index contributed by atoms with van der Waals surface area (Å²) in [6.45, 7) is 0.761. The number of hydrogen-bond donors (Lipinski definition) is 1. The summed E-state index contributed by atoms with van der Waals surface area (Å²) in [5, 5.41) is 1.01. The Morgan fingerprint density at radius 2 is 1.25 bits per heavy atom. The first-order chi connectivity index (χ1) is 23.6. The molecule has 2 heterocycles. The predicted octanol–water partition coefficient (Wildman–Crippen LogP) is 7.59. The van der Waals surface area contributed by atoms with Gasteiger partial charge in [0.1, 0.15) is 12.4 Å². The lowest BCUT2D eigenvalue weighted by Gasteiger charge is -2.37. The third kappa shape index (κ3) is 6.11. The van der Waals surface area contributed by atoms with Gasteiger partial charge < -0.3 is 9.72 Å². The van der Waals surface area contributed by atoms with E-state index in [1.807, 2.05) is 85.1 Å². The van der Waals surface area contributed by atoms with Crippen molar-refractivity contribution < 1.29 is 19.1 Å². The van der Waals surface area contributed by atoms with E-state index in [9.17, 15) is 14.4 Å². The number of aromatic nitrogens is 1. The summed E-state index contributed by atoms with van der Waals surface area (Å²) in [5.74, 6) is -1.87. The lowest BCUT2D eigenvalue weighted by atomic mass is 9.91. The minimum absolute atomic E-state index is 0.300. The van der Waals surface area contributed by atoms with Crippen molar-refractivity contribution in [2.75, 3.05) is 16.3 Å². The Labute approximate surface area is 277 Å². The average molecular weight is 633 g/mol. The maximum atomic E-state index is 14.3. The van der Waals surface area contributed by atoms with Gasteiger partial charge in [-0.2, -0.15) is 0 Å². The maximum Gasteiger partial charge on any atom is 0.342 e. The quantitative estimate of drug-likeness (QED) is 0.124. The molecule has 6 aromatic rings. The molecule has 0 spiro atoms. The number of H-pyrrole nitrogens is 1. The molecule has 236 valence electrons. The number of nitrogens with zero attached hydrogens (tertiary/aromatic N) is 3. The van der Waals surface area contributed by atoms with E-state index in [2.05, 4.69) is 4.98 Å². The van der Waals surface area contributed by atoms with Gasteiger partial charge in [-0.05, 0) is 65.6 Å². The van der Waals surface area contributed by atoms with Crippen LogP contribution in [0.25, 0.3) is 10.9 Å². The molecule has 0 atom stereocenters. The molecule has 8 nitrogen and oxygen atoms in total. The minimum atomic E-state index is -1.34. The molecule has 0 aliphatic carbocycles. The summed E-state index contributed by atoms with van der Waals surface area (Å²) in [4.78, 5) is 52.8. The molecule has 48 heavy (non-hydrogen) atoms. The smallest absolute Gasteiger partial charge is 0.342 e. The van der Waals surface area contributed by atoms with Crippen LogP contribution in [0.2, 0.25) is 0 Å². The van der Waals surface area contributed by atoms with Gasteiger partial charge in [0.15, 0.2) is 5.92 Å². The summed E-state index contributed by atoms with van der Waals surface area (Å²) < 4.78 is 6.08. The first kappa shape index (κ1) is 30.4. The summed E-state index contributed by atoms with van der Waals surface area (Å²) in [7, 11) is 0. The molecule has 0 unspecified atom stereocenters. The number of para-hydroxylation sites is 2. The summed E-state index contributed by atoms with van der Waals surface area (Å²) in [6, 6.07) is 41.8. The van der Waals surface area contributed by atoms with Crippen LogP contribution in [0.5, 0.6) is 5.75 Å². The Bertz CT molecular complexity index is 2030. The maximum absolute atomic E-state index is 14.3. The fourth-order valence-corrected chi connectivity index (χ4v) is 5.97. The highest BCUT2D eigenvalue weighted by molar-refractivity contribution is 6.43. The van der Waals surface area contributed by atoms with Crippen molar-refractivity contribution in [3.63, 3.8) is 0 Å². The van der Waals surface area contributed by atoms with Crippen LogP contribution in [0, 0.1) is 5.92 Å². The van der Waals surface area contributed by atoms with E-state index in [1.165, 1.54) is 0 Å². The highest BCUT2D eigenvalue weighted by atomic mass is 16.5. The number of amides is 4. The molecule has 8 heteroatoms. The van der Waals surface area contributed by atoms with Crippen LogP contribution in [0.15, 0.2) is 151 Å². The van der Waals surface area contributed by atoms with E-state index >= 15 is 0 Å². The van der Waals surface area contributed by atoms with Crippen LogP contribution in [0.3, 0.4) is 0 Å². The Morgan fingerprint density at radius 3 is 1.85 bits per heavy atom. The number of nitrogens with one attached hydrogen (secondary N) is 1. The second-order valence-corrected chi connectivity index (χ2v) is 11.4. The minimum Gasteiger partial charge on any atom is -0.489 e. The van der Waals surface area contributed by atoms with Gasteiger partial charge in [0.05, 0.1) is 17.1 Å². The fourth-order valence-electron chi connectivity index (χ4n) is 5.97. The zero-order chi connectivity index (χ0) is 32.9. The van der Waals surface area contributed by atoms with Gasteiger partial charge in [0.25, 0.3) is 11.8 Å². The molecule has 0 bridgehead atoms. The molecule has 7 rings (SSSR count). The normalized spacial score (nSPS) is 14.2. The van der Waals surface area contributed by atoms with Gasteiger partial charge in [-0.15, -0.1) is 0 Å². The lowest BCUT2D eigenvalue weighted by molar-refractivity contribution is -0.129. The molecule has 1 aliphatic heterocycles. The van der Waals surface area contributed by atoms with Crippen molar-refractivity contribution in [3.8, 4) is 5.75 Å². The number of hydrogen-bond acceptors (Lipinski definition) is 5. The SMILES string of the molecule is O=C1C(C(=NCCc2c[nH]c3ccc(OCc4ccccc4)cc23)c2ccccc2)C(=O)N(c2ccccc2)C(=O)N1c1ccccc1. The van der Waals surface area contributed by atoms with E-state index in [1.54, 1.807) is 60.7 Å². The molecule has 1 N–H and O–H groups in total. The number of anilines is 2. The van der Waals surface area contributed by atoms with Gasteiger partial charge in [0.2, 0.25) is 0 Å². The van der Waals surface area contributed by atoms with E-state index in [-0.39, 0.29) is 0 Å². The summed E-state index contributed by atoms with van der Waals surface area (Å²) in [5.41, 5.74) is 4.78. The van der Waals surface area contributed by atoms with Crippen LogP contribution >= 0.6 is 0 Å². The van der Waals surface area contributed by atoms with Crippen LogP contribution in [0.1, 0.15) is 16.7 Å². The summed E-state index contributed by atoms with van der Waals surface area (Å²) >= 11 is 0. The molecule has 0 radical (unpaired) electrons. The highest BCUT2D eigenvalue weighted by Crippen LogP contribution is 2.31. The van der Waals surface area contributed by atoms with Gasteiger partial charge >= 0.3 is 6.03 Å². The second-order valence-electron chi connectivity index (χ2n) is 11.4. The molecule has 4 amide bonds. The Hall–Kier alpha value is -6.28. The van der Waals surface area contributed by atoms with Gasteiger partial charge in [0, 0.05) is 23.6 Å². The molecule has 1 saturated heterocycles. The number of imide groups is 2. The predicted molar refractivity (Wildman–Crippen MR) is 187 cm³/mol. The van der Waals surface area contributed by atoms with E-state index in [0.717, 1.165) is 37.6 Å². The number of fused-ring (bicyclic) bond motifs is 1. The molecule has 1 aliphatic rings. The van der Waals surface area contributed by atoms with Crippen molar-refractivity contribution >= 4 is 45.8 Å². The zero-order valence-corrected chi connectivity index (χ0v) is 26.0. The number of carbonyl (C=O) groups is 3. The van der Waals surface area contributed by atoms with Crippen LogP contribution in [0.4, 0.5) is 16.2 Å². The molecule has 1 fully saturated rings. The molecule has 1 aromatic heterocycles. The van der Waals surface area contributed by atoms with Crippen molar-refractivity contribution in [2.45, 2.75) is 13.0 Å². The molecular formula is C40H32N4O4. The first-order valence-corrected chi connectivity index (χ1v) is 15.8. The molecule has 5 aromatic carbocycles. The molecule has 0 saturated carbocycles. The number of barbiturate groups is 1.